The molecule has 1 rings (SSSR count). The second-order valence-corrected chi connectivity index (χ2v) is 2.01. The number of phenols is 1. The molecule has 0 atom stereocenters. The molecule has 0 saturated heterocycles. The quantitative estimate of drug-likeness (QED) is 0.337. The second kappa shape index (κ2) is 3.03. The third-order valence-electron chi connectivity index (χ3n) is 1.28. The highest BCUT2D eigenvalue weighted by atomic mass is 16.5. The Kier molecular flexibility index (Phi) is 2.08. The number of carbonyl (C=O) groups is 1. The van der Waals surface area contributed by atoms with E-state index in [0.717, 1.165) is 0 Å². The van der Waals surface area contributed by atoms with Crippen molar-refractivity contribution in [3.05, 3.63) is 23.8 Å². The SMILES string of the molecule is O=Cc1ccc(O)c(NO)c1. The molecule has 1 aromatic carbocycles. The topological polar surface area (TPSA) is 69.6 Å². The van der Waals surface area contributed by atoms with Crippen LogP contribution < -0.4 is 5.48 Å². The van der Waals surface area contributed by atoms with Gasteiger partial charge in [-0.3, -0.25) is 15.5 Å². The zero-order valence-corrected chi connectivity index (χ0v) is 5.61. The molecule has 58 valence electrons. The molecule has 0 aliphatic rings. The fourth-order valence-electron chi connectivity index (χ4n) is 0.717. The molecule has 0 aliphatic heterocycles. The third-order valence-corrected chi connectivity index (χ3v) is 1.28. The summed E-state index contributed by atoms with van der Waals surface area (Å²) in [6, 6.07) is 4.10. The lowest BCUT2D eigenvalue weighted by atomic mass is 10.2. The molecule has 0 aromatic heterocycles. The van der Waals surface area contributed by atoms with Gasteiger partial charge in [0.25, 0.3) is 0 Å². The average Bonchev–Trinajstić information content (AvgIpc) is 2.05. The summed E-state index contributed by atoms with van der Waals surface area (Å²) >= 11 is 0. The Morgan fingerprint density at radius 1 is 1.45 bits per heavy atom. The van der Waals surface area contributed by atoms with Crippen LogP contribution in [0.3, 0.4) is 0 Å². The van der Waals surface area contributed by atoms with Crippen molar-refractivity contribution >= 4 is 12.0 Å². The maximum Gasteiger partial charge on any atom is 0.150 e. The molecule has 0 saturated carbocycles. The molecule has 0 heterocycles. The number of aldehydes is 1. The average molecular weight is 153 g/mol. The van der Waals surface area contributed by atoms with Crippen LogP contribution in [0, 0.1) is 0 Å². The van der Waals surface area contributed by atoms with Gasteiger partial charge in [0.1, 0.15) is 17.7 Å². The Hall–Kier alpha value is -1.55. The number of carbonyl (C=O) groups excluding carboxylic acids is 1. The van der Waals surface area contributed by atoms with E-state index in [9.17, 15) is 4.79 Å². The Balaban J connectivity index is 3.12. The summed E-state index contributed by atoms with van der Waals surface area (Å²) in [6.07, 6.45) is 0.625. The van der Waals surface area contributed by atoms with Gasteiger partial charge in [-0.05, 0) is 18.2 Å². The largest absolute Gasteiger partial charge is 0.506 e. The third kappa shape index (κ3) is 1.47. The van der Waals surface area contributed by atoms with Gasteiger partial charge in [-0.1, -0.05) is 0 Å². The van der Waals surface area contributed by atoms with Crippen LogP contribution >= 0.6 is 0 Å². The van der Waals surface area contributed by atoms with Crippen molar-refractivity contribution in [1.82, 2.24) is 0 Å². The van der Waals surface area contributed by atoms with Crippen LogP contribution in [0.2, 0.25) is 0 Å². The van der Waals surface area contributed by atoms with Gasteiger partial charge in [-0.2, -0.15) is 0 Å². The minimum absolute atomic E-state index is 0.0990. The van der Waals surface area contributed by atoms with Gasteiger partial charge in [0.05, 0.1) is 0 Å². The maximum atomic E-state index is 10.2. The van der Waals surface area contributed by atoms with Crippen molar-refractivity contribution in [1.29, 1.82) is 0 Å². The first-order valence-corrected chi connectivity index (χ1v) is 2.96. The lowest BCUT2D eigenvalue weighted by Gasteiger charge is -2.01. The van der Waals surface area contributed by atoms with Crippen LogP contribution in [-0.2, 0) is 0 Å². The number of nitrogens with one attached hydrogen (secondary N) is 1. The van der Waals surface area contributed by atoms with Gasteiger partial charge >= 0.3 is 0 Å². The maximum absolute atomic E-state index is 10.2. The molecule has 4 heteroatoms. The number of rotatable bonds is 2. The molecule has 3 N–H and O–H groups in total. The predicted octanol–water partition coefficient (Wildman–Crippen LogP) is 1.01. The van der Waals surface area contributed by atoms with Gasteiger partial charge in [-0.15, -0.1) is 0 Å². The fourth-order valence-corrected chi connectivity index (χ4v) is 0.717. The first kappa shape index (κ1) is 7.56. The summed E-state index contributed by atoms with van der Waals surface area (Å²) in [6.45, 7) is 0. The molecule has 4 nitrogen and oxygen atoms in total. The van der Waals surface area contributed by atoms with Gasteiger partial charge in [0.2, 0.25) is 0 Å². The summed E-state index contributed by atoms with van der Waals surface area (Å²) in [5.41, 5.74) is 2.27. The van der Waals surface area contributed by atoms with Crippen LogP contribution in [0.15, 0.2) is 18.2 Å². The Morgan fingerprint density at radius 2 is 2.18 bits per heavy atom. The van der Waals surface area contributed by atoms with E-state index < -0.39 is 0 Å². The zero-order valence-electron chi connectivity index (χ0n) is 5.61. The number of aromatic hydroxyl groups is 1. The van der Waals surface area contributed by atoms with Crippen LogP contribution in [0.4, 0.5) is 5.69 Å². The van der Waals surface area contributed by atoms with E-state index in [1.165, 1.54) is 18.2 Å². The molecule has 0 radical (unpaired) electrons. The Bertz CT molecular complexity index is 272. The van der Waals surface area contributed by atoms with Crippen molar-refractivity contribution in [2.24, 2.45) is 0 Å². The summed E-state index contributed by atoms with van der Waals surface area (Å²) in [5.74, 6) is -0.0990. The van der Waals surface area contributed by atoms with Crippen LogP contribution in [0.5, 0.6) is 5.75 Å². The van der Waals surface area contributed by atoms with Crippen LogP contribution in [0.1, 0.15) is 10.4 Å². The molecule has 0 aliphatic carbocycles. The van der Waals surface area contributed by atoms with Crippen molar-refractivity contribution in [2.45, 2.75) is 0 Å². The van der Waals surface area contributed by atoms with Crippen LogP contribution in [0.25, 0.3) is 0 Å². The number of hydrogen-bond donors (Lipinski definition) is 3. The second-order valence-electron chi connectivity index (χ2n) is 2.01. The van der Waals surface area contributed by atoms with E-state index in [-0.39, 0.29) is 11.4 Å². The van der Waals surface area contributed by atoms with Crippen molar-refractivity contribution in [2.75, 3.05) is 5.48 Å². The summed E-state index contributed by atoms with van der Waals surface area (Å²) in [7, 11) is 0. The molecule has 1 aromatic rings. The number of anilines is 1. The van der Waals surface area contributed by atoms with Gasteiger partial charge in [-0.25, -0.2) is 0 Å². The smallest absolute Gasteiger partial charge is 0.150 e. The van der Waals surface area contributed by atoms with E-state index in [2.05, 4.69) is 0 Å². The monoisotopic (exact) mass is 153 g/mol. The van der Waals surface area contributed by atoms with Crippen molar-refractivity contribution in [3.8, 4) is 5.75 Å². The highest BCUT2D eigenvalue weighted by Crippen LogP contribution is 2.22. The minimum Gasteiger partial charge on any atom is -0.506 e. The first-order chi connectivity index (χ1) is 5.27. The summed E-state index contributed by atoms with van der Waals surface area (Å²) in [5, 5.41) is 17.4. The predicted molar refractivity (Wildman–Crippen MR) is 38.9 cm³/mol. The van der Waals surface area contributed by atoms with E-state index in [1.54, 1.807) is 5.48 Å². The molecular weight excluding hydrogens is 146 g/mol. The van der Waals surface area contributed by atoms with E-state index in [1.807, 2.05) is 0 Å². The fraction of sp³-hybridized carbons (Fsp3) is 0. The van der Waals surface area contributed by atoms with E-state index in [0.29, 0.717) is 11.8 Å². The summed E-state index contributed by atoms with van der Waals surface area (Å²) < 4.78 is 0. The molecular formula is C7H7NO3. The highest BCUT2D eigenvalue weighted by molar-refractivity contribution is 5.78. The van der Waals surface area contributed by atoms with Gasteiger partial charge < -0.3 is 5.11 Å². The Labute approximate surface area is 63.1 Å². The van der Waals surface area contributed by atoms with Crippen molar-refractivity contribution < 1.29 is 15.1 Å². The lowest BCUT2D eigenvalue weighted by molar-refractivity contribution is 0.112. The normalized spacial score (nSPS) is 9.18. The molecule has 0 unspecified atom stereocenters. The minimum atomic E-state index is -0.0990. The molecule has 0 fully saturated rings. The summed E-state index contributed by atoms with van der Waals surface area (Å²) in [4.78, 5) is 10.2. The molecule has 11 heavy (non-hydrogen) atoms. The van der Waals surface area contributed by atoms with Crippen LogP contribution in [-0.4, -0.2) is 16.6 Å². The standard InChI is InChI=1S/C7H7NO3/c9-4-5-1-2-7(10)6(3-5)8-11/h1-4,8,10-11H. The molecule has 0 amide bonds. The number of benzene rings is 1. The molecule has 0 bridgehead atoms. The van der Waals surface area contributed by atoms with E-state index in [4.69, 9.17) is 10.3 Å². The van der Waals surface area contributed by atoms with E-state index >= 15 is 0 Å². The van der Waals surface area contributed by atoms with Crippen molar-refractivity contribution in [3.63, 3.8) is 0 Å². The Morgan fingerprint density at radius 3 is 2.73 bits per heavy atom. The zero-order chi connectivity index (χ0) is 8.27. The lowest BCUT2D eigenvalue weighted by Crippen LogP contribution is -1.90. The first-order valence-electron chi connectivity index (χ1n) is 2.96. The van der Waals surface area contributed by atoms with Gasteiger partial charge in [0, 0.05) is 5.56 Å². The highest BCUT2D eigenvalue weighted by Gasteiger charge is 1.99. The number of phenolic OH excluding ortho intramolecular Hbond substituents is 1. The molecule has 0 spiro atoms. The number of hydrogen-bond acceptors (Lipinski definition) is 4. The van der Waals surface area contributed by atoms with Gasteiger partial charge in [0.15, 0.2) is 0 Å².